The van der Waals surface area contributed by atoms with Gasteiger partial charge in [0.05, 0.1) is 25.4 Å². The lowest BCUT2D eigenvalue weighted by atomic mass is 9.99. The molecule has 11 nitrogen and oxygen atoms in total. The van der Waals surface area contributed by atoms with Gasteiger partial charge in [-0.25, -0.2) is 0 Å². The van der Waals surface area contributed by atoms with Crippen LogP contribution in [0.2, 0.25) is 0 Å². The predicted octanol–water partition coefficient (Wildman–Crippen LogP) is 16.1. The first-order valence-electron chi connectivity index (χ1n) is 33.1. The zero-order chi connectivity index (χ0) is 56.1. The maximum absolute atomic E-state index is 13.4. The van der Waals surface area contributed by atoms with Crippen LogP contribution in [0.5, 0.6) is 0 Å². The van der Waals surface area contributed by atoms with Crippen LogP contribution in [0.15, 0.2) is 24.3 Å². The second-order valence-corrected chi connectivity index (χ2v) is 23.2. The van der Waals surface area contributed by atoms with Crippen molar-refractivity contribution in [2.24, 2.45) is 0 Å². The molecule has 454 valence electrons. The molecule has 1 fully saturated rings. The van der Waals surface area contributed by atoms with Gasteiger partial charge in [-0.15, -0.1) is 0 Å². The molecule has 1 aliphatic heterocycles. The monoisotopic (exact) mass is 1090 g/mol. The second kappa shape index (κ2) is 54.7. The number of aliphatic hydroxyl groups is 5. The Kier molecular flexibility index (Phi) is 52.0. The highest BCUT2D eigenvalue weighted by molar-refractivity contribution is 5.80. The van der Waals surface area contributed by atoms with Gasteiger partial charge in [-0.3, -0.25) is 9.59 Å². The minimum atomic E-state index is -1.61. The third-order valence-corrected chi connectivity index (χ3v) is 15.9. The SMILES string of the molecule is CCCCCCCC/C=C/CCCCCCCCCCCC(=O)OC1C(OCC(NC(=O)C(O)CCCCCCCCCCCCCCCCCCCC)C(O)/C=C/CCCCCCCCCCC)OC(CO)C(O)C1O. The van der Waals surface area contributed by atoms with Crippen molar-refractivity contribution in [3.63, 3.8) is 0 Å². The highest BCUT2D eigenvalue weighted by Gasteiger charge is 2.47. The molecule has 0 bridgehead atoms. The minimum absolute atomic E-state index is 0.125. The molecule has 0 radical (unpaired) electrons. The number of carbonyl (C=O) groups is 2. The van der Waals surface area contributed by atoms with Crippen LogP contribution in [0, 0.1) is 0 Å². The molecule has 6 N–H and O–H groups in total. The fraction of sp³-hybridized carbons (Fsp3) is 0.909. The highest BCUT2D eigenvalue weighted by atomic mass is 16.7. The minimum Gasteiger partial charge on any atom is -0.454 e. The van der Waals surface area contributed by atoms with Crippen molar-refractivity contribution >= 4 is 11.9 Å². The first kappa shape index (κ1) is 73.2. The molecule has 1 saturated heterocycles. The molecule has 1 aliphatic rings. The molecule has 0 spiro atoms. The van der Waals surface area contributed by atoms with E-state index in [9.17, 15) is 35.1 Å². The third kappa shape index (κ3) is 42.6. The Balaban J connectivity index is 2.61. The van der Waals surface area contributed by atoms with Crippen molar-refractivity contribution in [3.05, 3.63) is 24.3 Å². The van der Waals surface area contributed by atoms with Gasteiger partial charge in [-0.2, -0.15) is 0 Å². The molecule has 0 aromatic rings. The van der Waals surface area contributed by atoms with E-state index in [1.165, 1.54) is 218 Å². The summed E-state index contributed by atoms with van der Waals surface area (Å²) in [4.78, 5) is 26.6. The van der Waals surface area contributed by atoms with E-state index in [0.29, 0.717) is 19.3 Å². The van der Waals surface area contributed by atoms with Gasteiger partial charge in [-0.05, 0) is 51.4 Å². The zero-order valence-electron chi connectivity index (χ0n) is 50.4. The number of hydrogen-bond donors (Lipinski definition) is 6. The molecule has 8 atom stereocenters. The Morgan fingerprint density at radius 3 is 1.26 bits per heavy atom. The van der Waals surface area contributed by atoms with Gasteiger partial charge in [0.25, 0.3) is 0 Å². The number of esters is 1. The lowest BCUT2D eigenvalue weighted by Crippen LogP contribution is -2.61. The van der Waals surface area contributed by atoms with Crippen molar-refractivity contribution in [2.45, 2.75) is 372 Å². The maximum Gasteiger partial charge on any atom is 0.306 e. The van der Waals surface area contributed by atoms with Crippen LogP contribution in [-0.4, -0.2) is 99.6 Å². The van der Waals surface area contributed by atoms with Gasteiger partial charge < -0.3 is 45.1 Å². The summed E-state index contributed by atoms with van der Waals surface area (Å²) >= 11 is 0. The molecule has 77 heavy (non-hydrogen) atoms. The molecule has 1 amide bonds. The summed E-state index contributed by atoms with van der Waals surface area (Å²) in [5, 5.41) is 57.1. The summed E-state index contributed by atoms with van der Waals surface area (Å²) in [6.45, 7) is 5.82. The van der Waals surface area contributed by atoms with E-state index in [1.54, 1.807) is 6.08 Å². The predicted molar refractivity (Wildman–Crippen MR) is 320 cm³/mol. The Labute approximate surface area is 473 Å². The summed E-state index contributed by atoms with van der Waals surface area (Å²) in [7, 11) is 0. The lowest BCUT2D eigenvalue weighted by molar-refractivity contribution is -0.305. The van der Waals surface area contributed by atoms with E-state index in [0.717, 1.165) is 57.8 Å². The summed E-state index contributed by atoms with van der Waals surface area (Å²) in [5.74, 6) is -1.18. The molecular formula is C66H125NO10. The van der Waals surface area contributed by atoms with Crippen molar-refractivity contribution in [3.8, 4) is 0 Å². The van der Waals surface area contributed by atoms with Crippen LogP contribution in [0.3, 0.4) is 0 Å². The maximum atomic E-state index is 13.4. The van der Waals surface area contributed by atoms with E-state index >= 15 is 0 Å². The van der Waals surface area contributed by atoms with Crippen molar-refractivity contribution in [1.29, 1.82) is 0 Å². The average Bonchev–Trinajstić information content (AvgIpc) is 3.43. The van der Waals surface area contributed by atoms with Gasteiger partial charge in [0, 0.05) is 6.42 Å². The van der Waals surface area contributed by atoms with Crippen LogP contribution in [0.1, 0.15) is 323 Å². The number of aliphatic hydroxyl groups excluding tert-OH is 5. The number of rotatable bonds is 57. The zero-order valence-corrected chi connectivity index (χ0v) is 50.4. The first-order chi connectivity index (χ1) is 37.7. The van der Waals surface area contributed by atoms with Gasteiger partial charge in [-0.1, -0.05) is 289 Å². The number of carbonyl (C=O) groups excluding carboxylic acids is 2. The topological polar surface area (TPSA) is 175 Å². The Morgan fingerprint density at radius 2 is 0.857 bits per heavy atom. The van der Waals surface area contributed by atoms with Crippen molar-refractivity contribution in [1.82, 2.24) is 5.32 Å². The molecule has 1 rings (SSSR count). The Morgan fingerprint density at radius 1 is 0.494 bits per heavy atom. The summed E-state index contributed by atoms with van der Waals surface area (Å²) < 4.78 is 17.7. The van der Waals surface area contributed by atoms with Gasteiger partial charge in [0.1, 0.15) is 24.4 Å². The molecule has 8 unspecified atom stereocenters. The van der Waals surface area contributed by atoms with Crippen LogP contribution < -0.4 is 5.32 Å². The van der Waals surface area contributed by atoms with E-state index < -0.39 is 67.4 Å². The second-order valence-electron chi connectivity index (χ2n) is 23.2. The number of unbranched alkanes of at least 4 members (excludes halogenated alkanes) is 41. The van der Waals surface area contributed by atoms with Gasteiger partial charge in [0.15, 0.2) is 12.4 Å². The Hall–Kier alpha value is -1.86. The van der Waals surface area contributed by atoms with E-state index in [-0.39, 0.29) is 13.0 Å². The molecule has 11 heteroatoms. The molecule has 0 aliphatic carbocycles. The largest absolute Gasteiger partial charge is 0.454 e. The number of allylic oxidation sites excluding steroid dienone is 3. The van der Waals surface area contributed by atoms with Crippen LogP contribution in [0.4, 0.5) is 0 Å². The Bertz CT molecular complexity index is 1350. The lowest BCUT2D eigenvalue weighted by Gasteiger charge is -2.41. The van der Waals surface area contributed by atoms with Gasteiger partial charge >= 0.3 is 5.97 Å². The fourth-order valence-corrected chi connectivity index (χ4v) is 10.6. The number of nitrogens with one attached hydrogen (secondary N) is 1. The molecule has 0 aromatic carbocycles. The van der Waals surface area contributed by atoms with E-state index in [1.807, 2.05) is 6.08 Å². The van der Waals surface area contributed by atoms with E-state index in [2.05, 4.69) is 38.2 Å². The van der Waals surface area contributed by atoms with Crippen molar-refractivity contribution < 1.29 is 49.3 Å². The number of amides is 1. The van der Waals surface area contributed by atoms with E-state index in [4.69, 9.17) is 14.2 Å². The fourth-order valence-electron chi connectivity index (χ4n) is 10.6. The molecule has 0 aromatic heterocycles. The van der Waals surface area contributed by atoms with Crippen molar-refractivity contribution in [2.75, 3.05) is 13.2 Å². The summed E-state index contributed by atoms with van der Waals surface area (Å²) in [5.41, 5.74) is 0. The standard InChI is InChI=1S/C66H125NO10/c1-4-7-10-13-16-19-22-24-26-28-30-32-34-36-39-42-45-48-51-54-61(71)77-64-63(73)62(72)60(55-68)76-66(64)75-56-57(58(69)52-49-46-43-40-37-21-18-15-12-9-6-3)67-65(74)59(70)53-50-47-44-41-38-35-33-31-29-27-25-23-20-17-14-11-8-5-2/h24,26,49,52,57-60,62-64,66,68-70,72-73H,4-23,25,27-48,50-51,53-56H2,1-3H3,(H,67,74)/b26-24+,52-49+. The molecule has 0 saturated carbocycles. The number of hydrogen-bond acceptors (Lipinski definition) is 10. The average molecular weight is 1090 g/mol. The number of ether oxygens (including phenoxy) is 3. The smallest absolute Gasteiger partial charge is 0.306 e. The first-order valence-corrected chi connectivity index (χ1v) is 33.1. The quantitative estimate of drug-likeness (QED) is 0.0195. The third-order valence-electron chi connectivity index (χ3n) is 15.9. The molecule has 1 heterocycles. The summed E-state index contributed by atoms with van der Waals surface area (Å²) in [6.07, 6.45) is 53.6. The highest BCUT2D eigenvalue weighted by Crippen LogP contribution is 2.26. The summed E-state index contributed by atoms with van der Waals surface area (Å²) in [6, 6.07) is -1.02. The molecular weight excluding hydrogens is 967 g/mol. The normalized spacial score (nSPS) is 19.1. The van der Waals surface area contributed by atoms with Crippen LogP contribution in [0.25, 0.3) is 0 Å². The van der Waals surface area contributed by atoms with Crippen LogP contribution in [-0.2, 0) is 23.8 Å². The van der Waals surface area contributed by atoms with Gasteiger partial charge in [0.2, 0.25) is 5.91 Å². The van der Waals surface area contributed by atoms with Crippen LogP contribution >= 0.6 is 0 Å².